The third-order valence-corrected chi connectivity index (χ3v) is 10.2. The van der Waals surface area contributed by atoms with Gasteiger partial charge in [0.2, 0.25) is 0 Å². The summed E-state index contributed by atoms with van der Waals surface area (Å²) in [6.07, 6.45) is 8.78. The van der Waals surface area contributed by atoms with Gasteiger partial charge < -0.3 is 35.9 Å². The Morgan fingerprint density at radius 3 is 2.58 bits per heavy atom. The van der Waals surface area contributed by atoms with Gasteiger partial charge in [0, 0.05) is 36.3 Å². The molecule has 0 radical (unpaired) electrons. The molecule has 0 saturated heterocycles. The van der Waals surface area contributed by atoms with E-state index in [1.54, 1.807) is 18.3 Å². The highest BCUT2D eigenvalue weighted by molar-refractivity contribution is 5.42. The van der Waals surface area contributed by atoms with Crippen LogP contribution in [-0.2, 0) is 19.3 Å². The van der Waals surface area contributed by atoms with Crippen LogP contribution in [0.2, 0.25) is 0 Å². The van der Waals surface area contributed by atoms with Crippen LogP contribution in [0.1, 0.15) is 80.2 Å². The van der Waals surface area contributed by atoms with Gasteiger partial charge in [-0.3, -0.25) is 0 Å². The Kier molecular flexibility index (Phi) is 13.8. The Bertz CT molecular complexity index is 1650. The van der Waals surface area contributed by atoms with Crippen molar-refractivity contribution < 1.29 is 25.2 Å². The average Bonchev–Trinajstić information content (AvgIpc) is 3.64. The highest BCUT2D eigenvalue weighted by atomic mass is 16.5. The zero-order valence-electron chi connectivity index (χ0n) is 29.1. The molecule has 1 aliphatic carbocycles. The molecule has 0 bridgehead atoms. The number of nitrogens with one attached hydrogen (secondary N) is 1. The third kappa shape index (κ3) is 10.9. The van der Waals surface area contributed by atoms with Crippen molar-refractivity contribution in [3.8, 4) is 23.3 Å². The summed E-state index contributed by atoms with van der Waals surface area (Å²) in [4.78, 5) is 7.38. The first kappa shape index (κ1) is 37.0. The Labute approximate surface area is 296 Å². The molecular formula is C42H53N3O5. The maximum absolute atomic E-state index is 11.3. The van der Waals surface area contributed by atoms with Crippen molar-refractivity contribution in [3.05, 3.63) is 108 Å². The van der Waals surface area contributed by atoms with Crippen LogP contribution in [0.15, 0.2) is 85.2 Å². The van der Waals surface area contributed by atoms with Crippen molar-refractivity contribution in [2.75, 3.05) is 12.3 Å². The number of ether oxygens (including phenoxy) is 1. The highest BCUT2D eigenvalue weighted by Crippen LogP contribution is 2.33. The number of pyridine rings is 1. The predicted octanol–water partition coefficient (Wildman–Crippen LogP) is 6.59. The molecule has 4 aromatic rings. The normalized spacial score (nSPS) is 20.5. The summed E-state index contributed by atoms with van der Waals surface area (Å²) in [5.74, 6) is 7.92. The number of aromatic nitrogens is 2. The lowest BCUT2D eigenvalue weighted by molar-refractivity contribution is 0.00551. The number of hydrogen-bond acceptors (Lipinski definition) is 7. The predicted molar refractivity (Wildman–Crippen MR) is 198 cm³/mol. The van der Waals surface area contributed by atoms with Crippen molar-refractivity contribution in [2.24, 2.45) is 17.8 Å². The summed E-state index contributed by atoms with van der Waals surface area (Å²) >= 11 is 0. The van der Waals surface area contributed by atoms with Crippen molar-refractivity contribution in [3.63, 3.8) is 0 Å². The number of aliphatic hydroxyl groups excluding tert-OH is 3. The quantitative estimate of drug-likeness (QED) is 0.0778. The number of nitrogens with two attached hydrogens (primary N) is 1. The van der Waals surface area contributed by atoms with Crippen LogP contribution in [0.3, 0.4) is 0 Å². The lowest BCUT2D eigenvalue weighted by Gasteiger charge is -2.28. The van der Waals surface area contributed by atoms with E-state index in [-0.39, 0.29) is 35.9 Å². The van der Waals surface area contributed by atoms with Crippen molar-refractivity contribution >= 4 is 5.82 Å². The number of benzene rings is 2. The monoisotopic (exact) mass is 679 g/mol. The maximum Gasteiger partial charge on any atom is 0.161 e. The molecule has 0 aliphatic heterocycles. The van der Waals surface area contributed by atoms with Gasteiger partial charge in [0.25, 0.3) is 0 Å². The van der Waals surface area contributed by atoms with E-state index in [9.17, 15) is 20.4 Å². The molecule has 0 amide bonds. The van der Waals surface area contributed by atoms with Gasteiger partial charge in [-0.2, -0.15) is 0 Å². The summed E-state index contributed by atoms with van der Waals surface area (Å²) in [6.45, 7) is 2.04. The van der Waals surface area contributed by atoms with Crippen LogP contribution in [0, 0.1) is 29.6 Å². The number of aromatic amines is 1. The lowest BCUT2D eigenvalue weighted by Crippen LogP contribution is -2.32. The molecule has 2 heterocycles. The fourth-order valence-electron chi connectivity index (χ4n) is 7.21. The number of H-pyrrole nitrogens is 1. The molecule has 7 N–H and O–H groups in total. The Morgan fingerprint density at radius 2 is 1.82 bits per heavy atom. The number of aryl methyl sites for hydroxylation is 1. The van der Waals surface area contributed by atoms with E-state index in [0.717, 1.165) is 42.5 Å². The first-order valence-corrected chi connectivity index (χ1v) is 18.1. The van der Waals surface area contributed by atoms with E-state index < -0.39 is 18.3 Å². The van der Waals surface area contributed by atoms with Gasteiger partial charge in [0.15, 0.2) is 11.5 Å². The van der Waals surface area contributed by atoms with Gasteiger partial charge in [-0.05, 0) is 110 Å². The number of aliphatic hydroxyl groups is 3. The standard InChI is InChI=1S/C42H53N3O5/c1-29(23-30-9-3-2-4-10-30)32-11-5-6-15-38(47)37(14-7-12-32)39(48)18-16-31-17-19-40(49)41(24-31)50-36(28-46)26-34(25-35-13-8-21-44-35)33-20-22-45-42(43)27-33/h2-4,8-10,13,17,19-22,24,27,29,32,34,36-39,44,46-49H,5-6,11,14-16,18,23,25-26,28H2,1H3,(H2,43,45). The minimum Gasteiger partial charge on any atom is -0.504 e. The molecule has 7 atom stereocenters. The first-order chi connectivity index (χ1) is 24.3. The minimum atomic E-state index is -0.733. The lowest BCUT2D eigenvalue weighted by atomic mass is 9.82. The highest BCUT2D eigenvalue weighted by Gasteiger charge is 2.28. The number of nitrogen functional groups attached to an aromatic ring is 1. The molecule has 2 aromatic heterocycles. The number of aromatic hydroxyl groups is 1. The van der Waals surface area contributed by atoms with E-state index >= 15 is 0 Å². The third-order valence-electron chi connectivity index (χ3n) is 10.2. The van der Waals surface area contributed by atoms with Gasteiger partial charge in [-0.25, -0.2) is 4.98 Å². The smallest absolute Gasteiger partial charge is 0.161 e. The average molecular weight is 680 g/mol. The summed E-state index contributed by atoms with van der Waals surface area (Å²) in [7, 11) is 0. The van der Waals surface area contributed by atoms with E-state index in [1.165, 1.54) is 5.56 Å². The van der Waals surface area contributed by atoms with Crippen LogP contribution >= 0.6 is 0 Å². The zero-order chi connectivity index (χ0) is 35.3. The fourth-order valence-corrected chi connectivity index (χ4v) is 7.21. The van der Waals surface area contributed by atoms with Crippen LogP contribution in [0.25, 0.3) is 0 Å². The second-order valence-corrected chi connectivity index (χ2v) is 14.0. The molecule has 2 aromatic carbocycles. The topological polar surface area (TPSA) is 145 Å². The van der Waals surface area contributed by atoms with Gasteiger partial charge in [-0.15, -0.1) is 5.92 Å². The largest absolute Gasteiger partial charge is 0.504 e. The number of nitrogens with zero attached hydrogens (tertiary/aromatic N) is 1. The number of rotatable bonds is 15. The van der Waals surface area contributed by atoms with Crippen molar-refractivity contribution in [1.82, 2.24) is 9.97 Å². The van der Waals surface area contributed by atoms with Crippen LogP contribution < -0.4 is 10.5 Å². The number of hydrogen-bond donors (Lipinski definition) is 6. The van der Waals surface area contributed by atoms with E-state index in [2.05, 4.69) is 53.0 Å². The molecular weight excluding hydrogens is 626 g/mol. The summed E-state index contributed by atoms with van der Waals surface area (Å²) in [5.41, 5.74) is 10.2. The Morgan fingerprint density at radius 1 is 1.00 bits per heavy atom. The number of anilines is 1. The Hall–Kier alpha value is -4.29. The fraction of sp³-hybridized carbons (Fsp3) is 0.452. The summed E-state index contributed by atoms with van der Waals surface area (Å²) < 4.78 is 6.22. The van der Waals surface area contributed by atoms with Crippen LogP contribution in [0.5, 0.6) is 11.5 Å². The van der Waals surface area contributed by atoms with Gasteiger partial charge in [0.1, 0.15) is 11.9 Å². The molecule has 0 saturated carbocycles. The maximum atomic E-state index is 11.3. The minimum absolute atomic E-state index is 0.0177. The Balaban J connectivity index is 1.21. The number of phenols is 1. The summed E-state index contributed by atoms with van der Waals surface area (Å²) in [6, 6.07) is 23.5. The molecule has 1 aliphatic rings. The van der Waals surface area contributed by atoms with E-state index in [4.69, 9.17) is 10.5 Å². The molecule has 0 fully saturated rings. The molecule has 50 heavy (non-hydrogen) atoms. The SMILES string of the molecule is CC(Cc1ccccc1)C1C#CCC(C(O)CCc2ccc(O)c(OC(CO)CC(Cc3ccc[nH]3)c3ccnc(N)c3)c2)C(O)CCCC1. The van der Waals surface area contributed by atoms with E-state index in [0.29, 0.717) is 50.3 Å². The van der Waals surface area contributed by atoms with Gasteiger partial charge >= 0.3 is 0 Å². The van der Waals surface area contributed by atoms with Crippen LogP contribution in [-0.4, -0.2) is 55.3 Å². The molecule has 5 rings (SSSR count). The number of phenolic OH excluding ortho intramolecular Hbond substituents is 1. The van der Waals surface area contributed by atoms with E-state index in [1.807, 2.05) is 42.6 Å². The van der Waals surface area contributed by atoms with Crippen molar-refractivity contribution in [2.45, 2.75) is 95.4 Å². The first-order valence-electron chi connectivity index (χ1n) is 18.1. The molecule has 0 spiro atoms. The second kappa shape index (κ2) is 18.6. The zero-order valence-corrected chi connectivity index (χ0v) is 29.1. The second-order valence-electron chi connectivity index (χ2n) is 14.0. The molecule has 7 unspecified atom stereocenters. The van der Waals surface area contributed by atoms with Gasteiger partial charge in [0.05, 0.1) is 18.8 Å². The van der Waals surface area contributed by atoms with Gasteiger partial charge in [-0.1, -0.05) is 62.1 Å². The summed E-state index contributed by atoms with van der Waals surface area (Å²) in [5, 5.41) is 43.5. The molecule has 8 heteroatoms. The van der Waals surface area contributed by atoms with Crippen LogP contribution in [0.4, 0.5) is 5.82 Å². The molecule has 266 valence electrons. The molecule has 8 nitrogen and oxygen atoms in total. The van der Waals surface area contributed by atoms with Crippen molar-refractivity contribution in [1.29, 1.82) is 0 Å².